The quantitative estimate of drug-likeness (QED) is 0.454. The molecule has 5 nitrogen and oxygen atoms in total. The maximum Gasteiger partial charge on any atom is 0.319 e. The van der Waals surface area contributed by atoms with Gasteiger partial charge in [-0.3, -0.25) is 0 Å². The van der Waals surface area contributed by atoms with Gasteiger partial charge in [0, 0.05) is 31.7 Å². The highest BCUT2D eigenvalue weighted by Crippen LogP contribution is 2.29. The van der Waals surface area contributed by atoms with E-state index in [1.165, 1.54) is 61.8 Å². The summed E-state index contributed by atoms with van der Waals surface area (Å²) in [6.07, 6.45) is 8.79. The Balaban J connectivity index is 1.37. The topological polar surface area (TPSA) is 36.0 Å². The molecule has 3 rings (SSSR count). The maximum absolute atomic E-state index is 12.2. The fraction of sp³-hybridized carbons (Fsp3) is 0.731. The van der Waals surface area contributed by atoms with Crippen LogP contribution in [0.4, 0.5) is 4.79 Å². The van der Waals surface area contributed by atoms with E-state index in [-0.39, 0.29) is 12.1 Å². The van der Waals surface area contributed by atoms with Gasteiger partial charge in [0.25, 0.3) is 0 Å². The number of amides is 2. The summed E-state index contributed by atoms with van der Waals surface area (Å²) in [5.74, 6) is 2.40. The van der Waals surface area contributed by atoms with Crippen LogP contribution >= 0.6 is 15.9 Å². The molecule has 2 aliphatic heterocycles. The number of halogens is 1. The van der Waals surface area contributed by atoms with Gasteiger partial charge in [-0.25, -0.2) is 4.79 Å². The van der Waals surface area contributed by atoms with Crippen LogP contribution in [0.1, 0.15) is 57.9 Å². The van der Waals surface area contributed by atoms with Crippen LogP contribution < -0.4 is 4.74 Å². The van der Waals surface area contributed by atoms with E-state index in [9.17, 15) is 4.79 Å². The second-order valence-corrected chi connectivity index (χ2v) is 11.0. The molecule has 0 bridgehead atoms. The Morgan fingerprint density at radius 3 is 2.59 bits per heavy atom. The van der Waals surface area contributed by atoms with Gasteiger partial charge in [0.2, 0.25) is 0 Å². The first-order valence-electron chi connectivity index (χ1n) is 12.5. The Morgan fingerprint density at radius 2 is 1.91 bits per heavy atom. The minimum atomic E-state index is 0.171. The number of hydrogen-bond acceptors (Lipinski definition) is 3. The fourth-order valence-electron chi connectivity index (χ4n) is 5.14. The molecule has 0 aliphatic carbocycles. The number of rotatable bonds is 8. The molecule has 1 unspecified atom stereocenters. The van der Waals surface area contributed by atoms with Crippen LogP contribution in [0.5, 0.6) is 5.75 Å². The molecule has 0 saturated carbocycles. The van der Waals surface area contributed by atoms with Gasteiger partial charge in [-0.1, -0.05) is 15.9 Å². The summed E-state index contributed by atoms with van der Waals surface area (Å²) < 4.78 is 7.09. The lowest BCUT2D eigenvalue weighted by molar-refractivity contribution is 0.135. The lowest BCUT2D eigenvalue weighted by atomic mass is 9.89. The minimum Gasteiger partial charge on any atom is -0.491 e. The first kappa shape index (κ1) is 25.4. The molecule has 0 aromatic heterocycles. The van der Waals surface area contributed by atoms with E-state index in [1.54, 1.807) is 4.90 Å². The second-order valence-electron chi connectivity index (χ2n) is 10.2. The van der Waals surface area contributed by atoms with E-state index in [4.69, 9.17) is 4.74 Å². The number of carbonyl (C=O) groups excluding carboxylic acids is 1. The van der Waals surface area contributed by atoms with Crippen molar-refractivity contribution >= 4 is 22.0 Å². The van der Waals surface area contributed by atoms with Crippen LogP contribution in [0.15, 0.2) is 22.7 Å². The Labute approximate surface area is 203 Å². The van der Waals surface area contributed by atoms with E-state index in [2.05, 4.69) is 52.9 Å². The van der Waals surface area contributed by atoms with Crippen LogP contribution in [0.25, 0.3) is 0 Å². The first-order chi connectivity index (χ1) is 15.3. The standard InChI is InChI=1S/C26H42BrN3O2/c1-20(2)32-24-9-10-25(27)23(18-24)17-21-11-15-29(16-12-21)13-5-7-22-8-6-14-30(19-22)26(31)28(3)4/h9-10,18,20-22H,5-8,11-17,19H2,1-4H3. The zero-order valence-corrected chi connectivity index (χ0v) is 22.1. The number of nitrogens with zero attached hydrogens (tertiary/aromatic N) is 3. The zero-order chi connectivity index (χ0) is 23.1. The maximum atomic E-state index is 12.2. The van der Waals surface area contributed by atoms with Crippen molar-refractivity contribution < 1.29 is 9.53 Å². The monoisotopic (exact) mass is 507 g/mol. The third-order valence-electron chi connectivity index (χ3n) is 6.86. The van der Waals surface area contributed by atoms with Gasteiger partial charge in [0.15, 0.2) is 0 Å². The van der Waals surface area contributed by atoms with Crippen molar-refractivity contribution in [2.45, 2.75) is 64.9 Å². The SMILES string of the molecule is CC(C)Oc1ccc(Br)c(CC2CCN(CCCC3CCCN(C(=O)N(C)C)C3)CC2)c1. The number of carbonyl (C=O) groups is 1. The summed E-state index contributed by atoms with van der Waals surface area (Å²) in [4.78, 5) is 18.6. The van der Waals surface area contributed by atoms with Crippen LogP contribution in [0, 0.1) is 11.8 Å². The Kier molecular flexibility index (Phi) is 9.72. The van der Waals surface area contributed by atoms with E-state index in [0.717, 1.165) is 37.6 Å². The number of benzene rings is 1. The highest BCUT2D eigenvalue weighted by molar-refractivity contribution is 9.10. The van der Waals surface area contributed by atoms with Crippen LogP contribution in [-0.4, -0.2) is 73.7 Å². The van der Waals surface area contributed by atoms with Crippen LogP contribution in [0.3, 0.4) is 0 Å². The van der Waals surface area contributed by atoms with Crippen LogP contribution in [0.2, 0.25) is 0 Å². The van der Waals surface area contributed by atoms with E-state index < -0.39 is 0 Å². The van der Waals surface area contributed by atoms with E-state index >= 15 is 0 Å². The van der Waals surface area contributed by atoms with Gasteiger partial charge in [0.05, 0.1) is 6.10 Å². The molecule has 0 N–H and O–H groups in total. The van der Waals surface area contributed by atoms with Gasteiger partial charge in [-0.05, 0) is 114 Å². The van der Waals surface area contributed by atoms with Crippen molar-refractivity contribution in [3.63, 3.8) is 0 Å². The van der Waals surface area contributed by atoms with Crippen molar-refractivity contribution in [2.75, 3.05) is 46.8 Å². The molecule has 2 heterocycles. The van der Waals surface area contributed by atoms with Crippen molar-refractivity contribution in [2.24, 2.45) is 11.8 Å². The average Bonchev–Trinajstić information content (AvgIpc) is 2.76. The average molecular weight is 509 g/mol. The van der Waals surface area contributed by atoms with Crippen molar-refractivity contribution in [3.05, 3.63) is 28.2 Å². The third-order valence-corrected chi connectivity index (χ3v) is 7.64. The molecule has 32 heavy (non-hydrogen) atoms. The zero-order valence-electron chi connectivity index (χ0n) is 20.5. The predicted molar refractivity (Wildman–Crippen MR) is 135 cm³/mol. The molecule has 180 valence electrons. The van der Waals surface area contributed by atoms with Gasteiger partial charge < -0.3 is 19.4 Å². The molecule has 2 aliphatic rings. The van der Waals surface area contributed by atoms with Gasteiger partial charge in [0.1, 0.15) is 5.75 Å². The molecule has 0 spiro atoms. The molecular weight excluding hydrogens is 466 g/mol. The van der Waals surface area contributed by atoms with Gasteiger partial charge >= 0.3 is 6.03 Å². The number of ether oxygens (including phenoxy) is 1. The molecule has 1 aromatic rings. The molecule has 1 aromatic carbocycles. The van der Waals surface area contributed by atoms with Gasteiger partial charge in [-0.2, -0.15) is 0 Å². The number of urea groups is 1. The summed E-state index contributed by atoms with van der Waals surface area (Å²) >= 11 is 3.74. The first-order valence-corrected chi connectivity index (χ1v) is 13.2. The fourth-order valence-corrected chi connectivity index (χ4v) is 5.55. The molecule has 2 amide bonds. The van der Waals surface area contributed by atoms with Crippen molar-refractivity contribution in [1.82, 2.24) is 14.7 Å². The van der Waals surface area contributed by atoms with Crippen LogP contribution in [-0.2, 0) is 6.42 Å². The molecule has 2 fully saturated rings. The third kappa shape index (κ3) is 7.65. The number of likely N-dealkylation sites (tertiary alicyclic amines) is 2. The van der Waals surface area contributed by atoms with E-state index in [0.29, 0.717) is 5.92 Å². The Bertz CT molecular complexity index is 732. The normalized spacial score (nSPS) is 20.6. The Hall–Kier alpha value is -1.27. The summed E-state index contributed by atoms with van der Waals surface area (Å²) in [7, 11) is 3.70. The minimum absolute atomic E-state index is 0.171. The highest BCUT2D eigenvalue weighted by Gasteiger charge is 2.25. The second kappa shape index (κ2) is 12.3. The lowest BCUT2D eigenvalue weighted by Gasteiger charge is -2.35. The summed E-state index contributed by atoms with van der Waals surface area (Å²) in [5.41, 5.74) is 1.37. The van der Waals surface area contributed by atoms with Gasteiger partial charge in [-0.15, -0.1) is 0 Å². The van der Waals surface area contributed by atoms with Crippen molar-refractivity contribution in [1.29, 1.82) is 0 Å². The summed E-state index contributed by atoms with van der Waals surface area (Å²) in [6, 6.07) is 6.56. The van der Waals surface area contributed by atoms with Crippen molar-refractivity contribution in [3.8, 4) is 5.75 Å². The lowest BCUT2D eigenvalue weighted by Crippen LogP contribution is -2.45. The molecule has 1 atom stereocenters. The largest absolute Gasteiger partial charge is 0.491 e. The van der Waals surface area contributed by atoms with E-state index in [1.807, 2.05) is 19.0 Å². The molecule has 2 saturated heterocycles. The predicted octanol–water partition coefficient (Wildman–Crippen LogP) is 5.66. The number of piperidine rings is 2. The molecule has 6 heteroatoms. The molecule has 0 radical (unpaired) electrons. The Morgan fingerprint density at radius 1 is 1.16 bits per heavy atom. The number of hydrogen-bond donors (Lipinski definition) is 0. The summed E-state index contributed by atoms with van der Waals surface area (Å²) in [5, 5.41) is 0. The summed E-state index contributed by atoms with van der Waals surface area (Å²) in [6.45, 7) is 9.63. The smallest absolute Gasteiger partial charge is 0.319 e. The molecular formula is C26H42BrN3O2. The highest BCUT2D eigenvalue weighted by atomic mass is 79.9.